The molecule has 0 saturated heterocycles. The lowest BCUT2D eigenvalue weighted by molar-refractivity contribution is -0.384. The highest BCUT2D eigenvalue weighted by Gasteiger charge is 2.22. The van der Waals surface area contributed by atoms with E-state index in [4.69, 9.17) is 0 Å². The van der Waals surface area contributed by atoms with Crippen molar-refractivity contribution >= 4 is 22.9 Å². The van der Waals surface area contributed by atoms with Crippen LogP contribution in [0.1, 0.15) is 24.3 Å². The average Bonchev–Trinajstić information content (AvgIpc) is 3.01. The summed E-state index contributed by atoms with van der Waals surface area (Å²) in [5.74, 6) is -0.0847. The molecule has 1 aromatic carbocycles. The van der Waals surface area contributed by atoms with E-state index in [0.717, 1.165) is 5.56 Å². The summed E-state index contributed by atoms with van der Waals surface area (Å²) in [6, 6.07) is 10.1. The summed E-state index contributed by atoms with van der Waals surface area (Å²) in [4.78, 5) is 23.4. The Labute approximate surface area is 133 Å². The van der Waals surface area contributed by atoms with E-state index in [1.165, 1.54) is 17.0 Å². The maximum absolute atomic E-state index is 12.0. The third-order valence-electron chi connectivity index (χ3n) is 3.43. The molecular formula is C16H18N2O3S. The van der Waals surface area contributed by atoms with Gasteiger partial charge in [0.1, 0.15) is 0 Å². The molecule has 116 valence electrons. The Morgan fingerprint density at radius 3 is 2.50 bits per heavy atom. The normalized spacial score (nSPS) is 11.2. The second kappa shape index (κ2) is 6.70. The van der Waals surface area contributed by atoms with Crippen LogP contribution in [0.5, 0.6) is 0 Å². The van der Waals surface area contributed by atoms with Crippen LogP contribution in [0.2, 0.25) is 0 Å². The van der Waals surface area contributed by atoms with Crippen molar-refractivity contribution in [2.75, 3.05) is 6.54 Å². The molecule has 1 amide bonds. The zero-order chi connectivity index (χ0) is 16.2. The van der Waals surface area contributed by atoms with E-state index >= 15 is 0 Å². The number of amides is 1. The number of carbonyl (C=O) groups excluding carboxylic acids is 1. The van der Waals surface area contributed by atoms with Gasteiger partial charge in [-0.1, -0.05) is 32.0 Å². The fraction of sp³-hybridized carbons (Fsp3) is 0.312. The molecule has 0 saturated carbocycles. The predicted octanol–water partition coefficient (Wildman–Crippen LogP) is 3.29. The van der Waals surface area contributed by atoms with E-state index in [9.17, 15) is 14.9 Å². The summed E-state index contributed by atoms with van der Waals surface area (Å²) < 4.78 is 0. The molecule has 0 radical (unpaired) electrons. The largest absolute Gasteiger partial charge is 0.355 e. The Kier molecular flexibility index (Phi) is 4.92. The highest BCUT2D eigenvalue weighted by Crippen LogP contribution is 2.26. The smallest absolute Gasteiger partial charge is 0.269 e. The molecule has 6 heteroatoms. The first kappa shape index (κ1) is 16.2. The van der Waals surface area contributed by atoms with Crippen molar-refractivity contribution in [3.63, 3.8) is 0 Å². The van der Waals surface area contributed by atoms with Gasteiger partial charge < -0.3 is 5.32 Å². The molecule has 0 spiro atoms. The number of hydrogen-bond acceptors (Lipinski definition) is 4. The van der Waals surface area contributed by atoms with Crippen molar-refractivity contribution in [1.82, 2.24) is 5.32 Å². The van der Waals surface area contributed by atoms with Gasteiger partial charge in [0, 0.05) is 29.0 Å². The van der Waals surface area contributed by atoms with Gasteiger partial charge in [0.25, 0.3) is 5.69 Å². The lowest BCUT2D eigenvalue weighted by atomic mass is 9.91. The second-order valence-corrected chi connectivity index (χ2v) is 6.69. The number of benzene rings is 1. The van der Waals surface area contributed by atoms with Crippen molar-refractivity contribution in [2.24, 2.45) is 0 Å². The first-order valence-electron chi connectivity index (χ1n) is 6.92. The minimum absolute atomic E-state index is 0.0305. The summed E-state index contributed by atoms with van der Waals surface area (Å²) in [6.45, 7) is 4.73. The van der Waals surface area contributed by atoms with E-state index < -0.39 is 4.92 Å². The Hall–Kier alpha value is -2.21. The molecule has 2 aromatic rings. The molecule has 0 bridgehead atoms. The maximum Gasteiger partial charge on any atom is 0.269 e. The molecule has 0 unspecified atom stereocenters. The molecule has 1 heterocycles. The second-order valence-electron chi connectivity index (χ2n) is 5.74. The van der Waals surface area contributed by atoms with Gasteiger partial charge in [0.2, 0.25) is 5.91 Å². The molecule has 5 nitrogen and oxygen atoms in total. The molecule has 0 aliphatic carbocycles. The van der Waals surface area contributed by atoms with Crippen LogP contribution in [0.25, 0.3) is 0 Å². The van der Waals surface area contributed by atoms with E-state index in [1.54, 1.807) is 23.5 Å². The number of nitro benzene ring substituents is 1. The fourth-order valence-corrected chi connectivity index (χ4v) is 2.91. The quantitative estimate of drug-likeness (QED) is 0.656. The summed E-state index contributed by atoms with van der Waals surface area (Å²) >= 11 is 1.67. The number of nitrogens with zero attached hydrogens (tertiary/aromatic N) is 1. The molecule has 2 rings (SSSR count). The number of carbonyl (C=O) groups is 1. The molecule has 1 aromatic heterocycles. The van der Waals surface area contributed by atoms with Crippen LogP contribution >= 0.6 is 11.3 Å². The molecule has 0 aliphatic heterocycles. The van der Waals surface area contributed by atoms with Crippen molar-refractivity contribution in [3.8, 4) is 0 Å². The summed E-state index contributed by atoms with van der Waals surface area (Å²) in [6.07, 6.45) is 0.221. The topological polar surface area (TPSA) is 72.2 Å². The van der Waals surface area contributed by atoms with Crippen LogP contribution in [0, 0.1) is 10.1 Å². The van der Waals surface area contributed by atoms with Gasteiger partial charge in [-0.25, -0.2) is 0 Å². The van der Waals surface area contributed by atoms with E-state index in [-0.39, 0.29) is 23.4 Å². The van der Waals surface area contributed by atoms with E-state index in [0.29, 0.717) is 6.54 Å². The van der Waals surface area contributed by atoms with E-state index in [2.05, 4.69) is 25.2 Å². The molecule has 22 heavy (non-hydrogen) atoms. The van der Waals surface area contributed by atoms with Crippen LogP contribution in [-0.2, 0) is 16.6 Å². The van der Waals surface area contributed by atoms with Gasteiger partial charge in [-0.2, -0.15) is 0 Å². The van der Waals surface area contributed by atoms with Crippen molar-refractivity contribution < 1.29 is 9.72 Å². The van der Waals surface area contributed by atoms with Crippen LogP contribution in [-0.4, -0.2) is 17.4 Å². The third kappa shape index (κ3) is 4.14. The lowest BCUT2D eigenvalue weighted by Gasteiger charge is -2.23. The number of nitro groups is 1. The minimum atomic E-state index is -0.451. The van der Waals surface area contributed by atoms with Crippen molar-refractivity contribution in [1.29, 1.82) is 0 Å². The third-order valence-corrected chi connectivity index (χ3v) is 4.66. The van der Waals surface area contributed by atoms with Gasteiger partial charge >= 0.3 is 0 Å². The molecule has 0 aliphatic rings. The number of nitrogens with one attached hydrogen (secondary N) is 1. The van der Waals surface area contributed by atoms with Crippen molar-refractivity contribution in [2.45, 2.75) is 25.7 Å². The minimum Gasteiger partial charge on any atom is -0.355 e. The number of hydrogen-bond donors (Lipinski definition) is 1. The number of non-ortho nitro benzene ring substituents is 1. The molecule has 1 N–H and O–H groups in total. The average molecular weight is 318 g/mol. The zero-order valence-corrected chi connectivity index (χ0v) is 13.4. The summed E-state index contributed by atoms with van der Waals surface area (Å²) in [7, 11) is 0. The fourth-order valence-electron chi connectivity index (χ4n) is 2.05. The monoisotopic (exact) mass is 318 g/mol. The first-order chi connectivity index (χ1) is 10.4. The van der Waals surface area contributed by atoms with Crippen molar-refractivity contribution in [3.05, 3.63) is 62.3 Å². The first-order valence-corrected chi connectivity index (χ1v) is 7.80. The van der Waals surface area contributed by atoms with Crippen LogP contribution in [0.3, 0.4) is 0 Å². The number of thiophene rings is 1. The standard InChI is InChI=1S/C16H18N2O3S/c1-16(2,14-4-3-9-22-14)11-17-15(19)10-12-5-7-13(8-6-12)18(20)21/h3-9H,10-11H2,1-2H3,(H,17,19). The highest BCUT2D eigenvalue weighted by atomic mass is 32.1. The van der Waals surface area contributed by atoms with Crippen LogP contribution in [0.15, 0.2) is 41.8 Å². The Morgan fingerprint density at radius 1 is 1.27 bits per heavy atom. The van der Waals surface area contributed by atoms with Crippen LogP contribution < -0.4 is 5.32 Å². The van der Waals surface area contributed by atoms with Crippen LogP contribution in [0.4, 0.5) is 5.69 Å². The summed E-state index contributed by atoms with van der Waals surface area (Å²) in [5.41, 5.74) is 0.680. The molecule has 0 fully saturated rings. The highest BCUT2D eigenvalue weighted by molar-refractivity contribution is 7.10. The maximum atomic E-state index is 12.0. The van der Waals surface area contributed by atoms with E-state index in [1.807, 2.05) is 11.4 Å². The van der Waals surface area contributed by atoms with Gasteiger partial charge in [-0.3, -0.25) is 14.9 Å². The summed E-state index contributed by atoms with van der Waals surface area (Å²) in [5, 5.41) is 15.5. The Balaban J connectivity index is 1.89. The van der Waals surface area contributed by atoms with Gasteiger partial charge in [0.15, 0.2) is 0 Å². The van der Waals surface area contributed by atoms with Gasteiger partial charge in [-0.05, 0) is 17.0 Å². The van der Waals surface area contributed by atoms with Gasteiger partial charge in [0.05, 0.1) is 11.3 Å². The SMILES string of the molecule is CC(C)(CNC(=O)Cc1ccc([N+](=O)[O-])cc1)c1cccs1. The number of rotatable bonds is 6. The zero-order valence-electron chi connectivity index (χ0n) is 12.5. The predicted molar refractivity (Wildman–Crippen MR) is 87.2 cm³/mol. The Morgan fingerprint density at radius 2 is 1.95 bits per heavy atom. The van der Waals surface area contributed by atoms with Gasteiger partial charge in [-0.15, -0.1) is 11.3 Å². The lowest BCUT2D eigenvalue weighted by Crippen LogP contribution is -2.36. The molecular weight excluding hydrogens is 300 g/mol. The Bertz CT molecular complexity index is 649. The molecule has 0 atom stereocenters.